The first-order valence-electron chi connectivity index (χ1n) is 14.1. The van der Waals surface area contributed by atoms with E-state index in [1.165, 1.54) is 0 Å². The summed E-state index contributed by atoms with van der Waals surface area (Å²) in [6, 6.07) is 0. The second-order valence-electron chi connectivity index (χ2n) is 11.1. The highest BCUT2D eigenvalue weighted by Gasteiger charge is 2.36. The average molecular weight is 611 g/mol. The molecule has 4 aliphatic rings. The largest absolute Gasteiger partial charge is 0.289 e. The van der Waals surface area contributed by atoms with Crippen molar-refractivity contribution in [1.82, 2.24) is 21.3 Å². The smallest absolute Gasteiger partial charge is 0.254 e. The number of nitrogens with one attached hydrogen (secondary N) is 4. The second kappa shape index (κ2) is 13.0. The van der Waals surface area contributed by atoms with E-state index in [2.05, 4.69) is 21.3 Å². The molecule has 0 aromatic carbocycles. The highest BCUT2D eigenvalue weighted by Crippen LogP contribution is 2.34. The molecule has 4 heterocycles. The number of amides is 8. The van der Waals surface area contributed by atoms with Gasteiger partial charge in [0.1, 0.15) is 0 Å². The van der Waals surface area contributed by atoms with Crippen LogP contribution < -0.4 is 21.3 Å². The monoisotopic (exact) mass is 610 g/mol. The van der Waals surface area contributed by atoms with Crippen LogP contribution in [0.3, 0.4) is 0 Å². The molecular formula is C30H34N4O8S. The third-order valence-electron chi connectivity index (χ3n) is 8.54. The van der Waals surface area contributed by atoms with Crippen molar-refractivity contribution >= 4 is 59.0 Å². The van der Waals surface area contributed by atoms with Crippen molar-refractivity contribution in [2.45, 2.75) is 66.2 Å². The van der Waals surface area contributed by atoms with Gasteiger partial charge < -0.3 is 0 Å². The molecule has 0 aliphatic carbocycles. The standard InChI is InChI=1S/C30H34N4O8S/c1-13-19(27(39)31-23(13)35)7-5-17(21-15(3)25(37)33-29(21)41)9-11-43-12-10-18(22-16(4)26(38)34-30(22)42)6-8-20-14(2)24(36)32-28(20)40/h17-18H,5-12H2,1-4H3,(H,31,35,39)(H,32,36,40)(H,33,37,41)(H,34,38,42). The molecule has 4 N–H and O–H groups in total. The number of carbonyl (C=O) groups is 8. The Balaban J connectivity index is 1.41. The van der Waals surface area contributed by atoms with E-state index in [-0.39, 0.29) is 24.7 Å². The molecule has 0 fully saturated rings. The summed E-state index contributed by atoms with van der Waals surface area (Å²) in [6.45, 7) is 6.35. The molecular weight excluding hydrogens is 576 g/mol. The number of carbonyl (C=O) groups excluding carboxylic acids is 8. The first-order valence-corrected chi connectivity index (χ1v) is 15.3. The van der Waals surface area contributed by atoms with Crippen LogP contribution in [-0.2, 0) is 38.4 Å². The number of rotatable bonds is 14. The van der Waals surface area contributed by atoms with Gasteiger partial charge in [0.25, 0.3) is 47.3 Å². The summed E-state index contributed by atoms with van der Waals surface area (Å²) in [5.41, 5.74) is 2.93. The molecule has 0 saturated carbocycles. The van der Waals surface area contributed by atoms with Gasteiger partial charge in [0, 0.05) is 44.6 Å². The maximum atomic E-state index is 12.6. The molecule has 0 bridgehead atoms. The van der Waals surface area contributed by atoms with E-state index < -0.39 is 47.3 Å². The molecule has 4 rings (SSSR count). The van der Waals surface area contributed by atoms with Crippen molar-refractivity contribution in [3.05, 3.63) is 44.6 Å². The Morgan fingerprint density at radius 2 is 0.767 bits per heavy atom. The molecule has 2 unspecified atom stereocenters. The summed E-state index contributed by atoms with van der Waals surface area (Å²) in [5.74, 6) is -2.98. The Kier molecular flexibility index (Phi) is 9.63. The van der Waals surface area contributed by atoms with E-state index in [0.717, 1.165) is 0 Å². The lowest BCUT2D eigenvalue weighted by Crippen LogP contribution is -2.25. The lowest BCUT2D eigenvalue weighted by atomic mass is 9.87. The summed E-state index contributed by atoms with van der Waals surface area (Å²) in [4.78, 5) is 97.7. The zero-order valence-electron chi connectivity index (χ0n) is 24.5. The number of hydrogen-bond acceptors (Lipinski definition) is 9. The maximum absolute atomic E-state index is 12.6. The van der Waals surface area contributed by atoms with Crippen molar-refractivity contribution < 1.29 is 38.4 Å². The molecule has 0 saturated heterocycles. The third kappa shape index (κ3) is 6.61. The Hall–Kier alpha value is -4.13. The van der Waals surface area contributed by atoms with Crippen LogP contribution in [0.2, 0.25) is 0 Å². The zero-order chi connectivity index (χ0) is 31.6. The molecule has 12 nitrogen and oxygen atoms in total. The SMILES string of the molecule is CC1=C(CCC(CCSCCC(CCC2=C(C)C(=O)NC2=O)C2=C(C)C(=O)NC2=O)C2=C(C)C(=O)NC2=O)C(=O)NC1=O. The fourth-order valence-electron chi connectivity index (χ4n) is 5.91. The fraction of sp³-hybridized carbons (Fsp3) is 0.467. The van der Waals surface area contributed by atoms with Crippen LogP contribution in [0.15, 0.2) is 44.6 Å². The average Bonchev–Trinajstić information content (AvgIpc) is 3.54. The van der Waals surface area contributed by atoms with E-state index in [9.17, 15) is 38.4 Å². The third-order valence-corrected chi connectivity index (χ3v) is 9.59. The van der Waals surface area contributed by atoms with E-state index in [4.69, 9.17) is 0 Å². The van der Waals surface area contributed by atoms with Gasteiger partial charge in [0.05, 0.1) is 0 Å². The molecule has 0 aromatic heterocycles. The minimum atomic E-state index is -0.450. The summed E-state index contributed by atoms with van der Waals surface area (Å²) in [6.07, 6.45) is 2.41. The van der Waals surface area contributed by atoms with E-state index in [1.807, 2.05) is 0 Å². The van der Waals surface area contributed by atoms with Crippen LogP contribution in [0, 0.1) is 11.8 Å². The molecule has 13 heteroatoms. The van der Waals surface area contributed by atoms with Crippen molar-refractivity contribution in [1.29, 1.82) is 0 Å². The lowest BCUT2D eigenvalue weighted by molar-refractivity contribution is -0.126. The summed E-state index contributed by atoms with van der Waals surface area (Å²) in [5, 5.41) is 9.21. The van der Waals surface area contributed by atoms with Gasteiger partial charge in [-0.3, -0.25) is 59.6 Å². The van der Waals surface area contributed by atoms with Gasteiger partial charge in [-0.2, -0.15) is 11.8 Å². The normalized spacial score (nSPS) is 20.6. The van der Waals surface area contributed by atoms with Gasteiger partial charge in [0.2, 0.25) is 0 Å². The molecule has 8 amide bonds. The van der Waals surface area contributed by atoms with Gasteiger partial charge in [0.15, 0.2) is 0 Å². The molecule has 0 spiro atoms. The van der Waals surface area contributed by atoms with E-state index in [0.29, 0.717) is 81.8 Å². The van der Waals surface area contributed by atoms with Gasteiger partial charge in [-0.15, -0.1) is 0 Å². The number of thioether (sulfide) groups is 1. The quantitative estimate of drug-likeness (QED) is 0.166. The number of hydrogen-bond donors (Lipinski definition) is 4. The van der Waals surface area contributed by atoms with Crippen LogP contribution in [0.5, 0.6) is 0 Å². The molecule has 4 aliphatic heterocycles. The summed E-state index contributed by atoms with van der Waals surface area (Å²) >= 11 is 1.58. The predicted octanol–water partition coefficient (Wildman–Crippen LogP) is 1.18. The van der Waals surface area contributed by atoms with Gasteiger partial charge in [-0.25, -0.2) is 0 Å². The molecule has 0 aromatic rings. The molecule has 228 valence electrons. The second-order valence-corrected chi connectivity index (χ2v) is 12.3. The topological polar surface area (TPSA) is 185 Å². The molecule has 2 atom stereocenters. The molecule has 0 radical (unpaired) electrons. The first kappa shape index (κ1) is 31.8. The van der Waals surface area contributed by atoms with Crippen LogP contribution in [0.1, 0.15) is 66.2 Å². The van der Waals surface area contributed by atoms with E-state index in [1.54, 1.807) is 39.5 Å². The van der Waals surface area contributed by atoms with Crippen molar-refractivity contribution in [3.8, 4) is 0 Å². The van der Waals surface area contributed by atoms with E-state index >= 15 is 0 Å². The minimum Gasteiger partial charge on any atom is -0.289 e. The van der Waals surface area contributed by atoms with Crippen molar-refractivity contribution in [2.75, 3.05) is 11.5 Å². The Bertz CT molecular complexity index is 1390. The lowest BCUT2D eigenvalue weighted by Gasteiger charge is -2.20. The fourth-order valence-corrected chi connectivity index (χ4v) is 7.02. The highest BCUT2D eigenvalue weighted by molar-refractivity contribution is 7.99. The Labute approximate surface area is 252 Å². The summed E-state index contributed by atoms with van der Waals surface area (Å²) < 4.78 is 0. The Morgan fingerprint density at radius 3 is 1.05 bits per heavy atom. The van der Waals surface area contributed by atoms with Crippen molar-refractivity contribution in [2.24, 2.45) is 11.8 Å². The minimum absolute atomic E-state index is 0.279. The van der Waals surface area contributed by atoms with Crippen molar-refractivity contribution in [3.63, 3.8) is 0 Å². The van der Waals surface area contributed by atoms with Crippen LogP contribution in [0.4, 0.5) is 0 Å². The van der Waals surface area contributed by atoms with Crippen LogP contribution >= 0.6 is 11.8 Å². The first-order chi connectivity index (χ1) is 20.3. The zero-order valence-corrected chi connectivity index (χ0v) is 25.3. The van der Waals surface area contributed by atoms with Gasteiger partial charge in [-0.1, -0.05) is 0 Å². The summed E-state index contributed by atoms with van der Waals surface area (Å²) in [7, 11) is 0. The maximum Gasteiger partial charge on any atom is 0.254 e. The van der Waals surface area contributed by atoms with Gasteiger partial charge >= 0.3 is 0 Å². The number of imide groups is 4. The van der Waals surface area contributed by atoms with Gasteiger partial charge in [-0.05, 0) is 89.6 Å². The molecule has 43 heavy (non-hydrogen) atoms. The Morgan fingerprint density at radius 1 is 0.442 bits per heavy atom. The highest BCUT2D eigenvalue weighted by atomic mass is 32.2. The van der Waals surface area contributed by atoms with Crippen LogP contribution in [0.25, 0.3) is 0 Å². The van der Waals surface area contributed by atoms with Crippen LogP contribution in [-0.4, -0.2) is 58.8 Å². The predicted molar refractivity (Wildman–Crippen MR) is 155 cm³/mol.